The quantitative estimate of drug-likeness (QED) is 0.868. The first-order chi connectivity index (χ1) is 12.0. The Labute approximate surface area is 150 Å². The molecule has 2 amide bonds. The molecule has 1 atom stereocenters. The van der Waals surface area contributed by atoms with Gasteiger partial charge in [0.25, 0.3) is 0 Å². The number of nitrogens with one attached hydrogen (secondary N) is 1. The van der Waals surface area contributed by atoms with E-state index in [1.54, 1.807) is 0 Å². The average Bonchev–Trinajstić information content (AvgIpc) is 2.94. The maximum atomic E-state index is 12.9. The molecule has 1 aliphatic heterocycles. The van der Waals surface area contributed by atoms with Crippen LogP contribution in [0.1, 0.15) is 31.9 Å². The SMILES string of the molecule is CCN(CC)c1ccc(NC(=O)N2c3ccccc3CC2C)c(C)c1. The summed E-state index contributed by atoms with van der Waals surface area (Å²) in [5.41, 5.74) is 5.40. The van der Waals surface area contributed by atoms with Crippen molar-refractivity contribution in [2.45, 2.75) is 40.2 Å². The van der Waals surface area contributed by atoms with Crippen molar-refractivity contribution in [2.24, 2.45) is 0 Å². The molecule has 4 heteroatoms. The zero-order valence-electron chi connectivity index (χ0n) is 15.5. The Hall–Kier alpha value is -2.49. The van der Waals surface area contributed by atoms with Gasteiger partial charge in [0.1, 0.15) is 0 Å². The van der Waals surface area contributed by atoms with Crippen LogP contribution in [0.15, 0.2) is 42.5 Å². The number of hydrogen-bond donors (Lipinski definition) is 1. The van der Waals surface area contributed by atoms with Crippen molar-refractivity contribution >= 4 is 23.1 Å². The summed E-state index contributed by atoms with van der Waals surface area (Å²) in [4.78, 5) is 17.0. The molecule has 1 N–H and O–H groups in total. The first-order valence-electron chi connectivity index (χ1n) is 9.08. The van der Waals surface area contributed by atoms with E-state index >= 15 is 0 Å². The van der Waals surface area contributed by atoms with Gasteiger partial charge in [-0.15, -0.1) is 0 Å². The van der Waals surface area contributed by atoms with E-state index in [9.17, 15) is 4.79 Å². The van der Waals surface area contributed by atoms with Gasteiger partial charge >= 0.3 is 6.03 Å². The van der Waals surface area contributed by atoms with Crippen LogP contribution in [0.25, 0.3) is 0 Å². The third kappa shape index (κ3) is 3.34. The molecule has 0 fully saturated rings. The van der Waals surface area contributed by atoms with Crippen molar-refractivity contribution in [2.75, 3.05) is 28.2 Å². The van der Waals surface area contributed by atoms with Gasteiger partial charge in [-0.3, -0.25) is 4.90 Å². The Morgan fingerprint density at radius 1 is 1.20 bits per heavy atom. The van der Waals surface area contributed by atoms with Gasteiger partial charge in [-0.25, -0.2) is 4.79 Å². The molecular weight excluding hydrogens is 310 g/mol. The van der Waals surface area contributed by atoms with Crippen LogP contribution in [0.3, 0.4) is 0 Å². The van der Waals surface area contributed by atoms with Gasteiger partial charge in [0, 0.05) is 36.2 Å². The molecule has 1 heterocycles. The second-order valence-corrected chi connectivity index (χ2v) is 6.65. The van der Waals surface area contributed by atoms with E-state index < -0.39 is 0 Å². The molecule has 2 aromatic carbocycles. The van der Waals surface area contributed by atoms with Crippen LogP contribution in [-0.2, 0) is 6.42 Å². The summed E-state index contributed by atoms with van der Waals surface area (Å²) >= 11 is 0. The Morgan fingerprint density at radius 2 is 1.92 bits per heavy atom. The molecule has 2 aromatic rings. The summed E-state index contributed by atoms with van der Waals surface area (Å²) in [6.45, 7) is 10.4. The van der Waals surface area contributed by atoms with Crippen LogP contribution in [0, 0.1) is 6.92 Å². The fourth-order valence-corrected chi connectivity index (χ4v) is 3.62. The number of para-hydroxylation sites is 1. The molecule has 0 saturated heterocycles. The largest absolute Gasteiger partial charge is 0.372 e. The molecule has 3 rings (SSSR count). The van der Waals surface area contributed by atoms with E-state index in [1.807, 2.05) is 36.1 Å². The Balaban J connectivity index is 1.80. The Kier molecular flexibility index (Phi) is 4.98. The summed E-state index contributed by atoms with van der Waals surface area (Å²) in [6.07, 6.45) is 0.906. The Morgan fingerprint density at radius 3 is 2.60 bits per heavy atom. The van der Waals surface area contributed by atoms with E-state index in [1.165, 1.54) is 11.3 Å². The molecule has 0 aromatic heterocycles. The second kappa shape index (κ2) is 7.18. The zero-order valence-corrected chi connectivity index (χ0v) is 15.5. The first-order valence-corrected chi connectivity index (χ1v) is 9.08. The van der Waals surface area contributed by atoms with Gasteiger partial charge in [0.2, 0.25) is 0 Å². The van der Waals surface area contributed by atoms with E-state index in [0.717, 1.165) is 36.4 Å². The number of rotatable bonds is 4. The molecule has 25 heavy (non-hydrogen) atoms. The van der Waals surface area contributed by atoms with E-state index in [2.05, 4.69) is 49.2 Å². The molecule has 4 nitrogen and oxygen atoms in total. The van der Waals surface area contributed by atoms with Crippen molar-refractivity contribution in [1.29, 1.82) is 0 Å². The highest BCUT2D eigenvalue weighted by Crippen LogP contribution is 2.32. The van der Waals surface area contributed by atoms with Crippen LogP contribution < -0.4 is 15.1 Å². The number of urea groups is 1. The average molecular weight is 337 g/mol. The fourth-order valence-electron chi connectivity index (χ4n) is 3.62. The molecule has 0 saturated carbocycles. The van der Waals surface area contributed by atoms with E-state index in [0.29, 0.717) is 0 Å². The summed E-state index contributed by atoms with van der Waals surface area (Å²) in [5.74, 6) is 0. The lowest BCUT2D eigenvalue weighted by Crippen LogP contribution is -2.39. The van der Waals surface area contributed by atoms with Gasteiger partial charge in [0.15, 0.2) is 0 Å². The highest BCUT2D eigenvalue weighted by atomic mass is 16.2. The van der Waals surface area contributed by atoms with Crippen molar-refractivity contribution in [3.05, 3.63) is 53.6 Å². The monoisotopic (exact) mass is 337 g/mol. The van der Waals surface area contributed by atoms with Gasteiger partial charge in [-0.05, 0) is 69.5 Å². The molecule has 1 unspecified atom stereocenters. The van der Waals surface area contributed by atoms with Gasteiger partial charge in [0.05, 0.1) is 0 Å². The molecule has 0 spiro atoms. The second-order valence-electron chi connectivity index (χ2n) is 6.65. The number of amides is 2. The number of aryl methyl sites for hydroxylation is 1. The lowest BCUT2D eigenvalue weighted by atomic mass is 10.1. The maximum Gasteiger partial charge on any atom is 0.326 e. The third-order valence-electron chi connectivity index (χ3n) is 5.01. The fraction of sp³-hybridized carbons (Fsp3) is 0.381. The minimum atomic E-state index is -0.0591. The summed E-state index contributed by atoms with van der Waals surface area (Å²) in [7, 11) is 0. The number of anilines is 3. The number of nitrogens with zero attached hydrogens (tertiary/aromatic N) is 2. The summed E-state index contributed by atoms with van der Waals surface area (Å²) in [5, 5.41) is 3.09. The molecule has 132 valence electrons. The minimum absolute atomic E-state index is 0.0591. The molecular formula is C21H27N3O. The number of carbonyl (C=O) groups excluding carboxylic acids is 1. The van der Waals surface area contributed by atoms with Crippen molar-refractivity contribution in [1.82, 2.24) is 0 Å². The highest BCUT2D eigenvalue weighted by Gasteiger charge is 2.30. The number of benzene rings is 2. The van der Waals surface area contributed by atoms with E-state index in [-0.39, 0.29) is 12.1 Å². The standard InChI is InChI=1S/C21H27N3O/c1-5-23(6-2)18-11-12-19(15(3)13-18)22-21(25)24-16(4)14-17-9-7-8-10-20(17)24/h7-13,16H,5-6,14H2,1-4H3,(H,22,25). The zero-order chi connectivity index (χ0) is 18.0. The van der Waals surface area contributed by atoms with Crippen LogP contribution in [0.4, 0.5) is 21.9 Å². The predicted molar refractivity (Wildman–Crippen MR) is 106 cm³/mol. The topological polar surface area (TPSA) is 35.6 Å². The van der Waals surface area contributed by atoms with Gasteiger partial charge in [-0.1, -0.05) is 18.2 Å². The number of carbonyl (C=O) groups is 1. The molecule has 0 bridgehead atoms. The van der Waals surface area contributed by atoms with Crippen LogP contribution in [0.5, 0.6) is 0 Å². The van der Waals surface area contributed by atoms with E-state index in [4.69, 9.17) is 0 Å². The van der Waals surface area contributed by atoms with Crippen LogP contribution >= 0.6 is 0 Å². The van der Waals surface area contributed by atoms with Crippen molar-refractivity contribution < 1.29 is 4.79 Å². The number of hydrogen-bond acceptors (Lipinski definition) is 2. The Bertz CT molecular complexity index is 767. The first kappa shape index (κ1) is 17.3. The molecule has 0 aliphatic carbocycles. The summed E-state index contributed by atoms with van der Waals surface area (Å²) < 4.78 is 0. The molecule has 0 radical (unpaired) electrons. The van der Waals surface area contributed by atoms with Crippen LogP contribution in [-0.4, -0.2) is 25.2 Å². The lowest BCUT2D eigenvalue weighted by molar-refractivity contribution is 0.256. The van der Waals surface area contributed by atoms with Crippen LogP contribution in [0.2, 0.25) is 0 Å². The minimum Gasteiger partial charge on any atom is -0.372 e. The normalized spacial score (nSPS) is 15.8. The van der Waals surface area contributed by atoms with Gasteiger partial charge < -0.3 is 10.2 Å². The smallest absolute Gasteiger partial charge is 0.326 e. The predicted octanol–water partition coefficient (Wildman–Crippen LogP) is 4.82. The highest BCUT2D eigenvalue weighted by molar-refractivity contribution is 6.04. The summed E-state index contributed by atoms with van der Waals surface area (Å²) in [6, 6.07) is 14.5. The van der Waals surface area contributed by atoms with Crippen molar-refractivity contribution in [3.8, 4) is 0 Å². The van der Waals surface area contributed by atoms with Crippen molar-refractivity contribution in [3.63, 3.8) is 0 Å². The number of fused-ring (bicyclic) bond motifs is 1. The van der Waals surface area contributed by atoms with Gasteiger partial charge in [-0.2, -0.15) is 0 Å². The maximum absolute atomic E-state index is 12.9. The lowest BCUT2D eigenvalue weighted by Gasteiger charge is -2.25. The third-order valence-corrected chi connectivity index (χ3v) is 5.01. The molecule has 1 aliphatic rings.